The molecule has 0 heterocycles. The molecule has 0 saturated heterocycles. The molecular formula is C13H25NO3. The van der Waals surface area contributed by atoms with Gasteiger partial charge in [-0.25, -0.2) is 0 Å². The van der Waals surface area contributed by atoms with E-state index in [1.807, 2.05) is 18.7 Å². The molecule has 100 valence electrons. The Morgan fingerprint density at radius 1 is 1.06 bits per heavy atom. The highest BCUT2D eigenvalue weighted by molar-refractivity contribution is 5.76. The highest BCUT2D eigenvalue weighted by Gasteiger charge is 2.17. The molecule has 1 N–H and O–H groups in total. The van der Waals surface area contributed by atoms with E-state index in [4.69, 9.17) is 5.11 Å². The first-order valence-corrected chi connectivity index (χ1v) is 6.35. The number of unbranched alkanes of at least 4 members (excludes halogenated alkanes) is 1. The van der Waals surface area contributed by atoms with Crippen LogP contribution in [-0.2, 0) is 9.59 Å². The van der Waals surface area contributed by atoms with Gasteiger partial charge in [-0.2, -0.15) is 0 Å². The van der Waals surface area contributed by atoms with Crippen LogP contribution < -0.4 is 0 Å². The molecular weight excluding hydrogens is 218 g/mol. The van der Waals surface area contributed by atoms with E-state index in [0.717, 1.165) is 6.54 Å². The third-order valence-corrected chi connectivity index (χ3v) is 2.54. The van der Waals surface area contributed by atoms with Crippen molar-refractivity contribution in [3.05, 3.63) is 0 Å². The van der Waals surface area contributed by atoms with E-state index < -0.39 is 5.97 Å². The first kappa shape index (κ1) is 15.9. The van der Waals surface area contributed by atoms with Crippen LogP contribution in [-0.4, -0.2) is 34.5 Å². The third kappa shape index (κ3) is 7.77. The maximum atomic E-state index is 11.9. The fraction of sp³-hybridized carbons (Fsp3) is 0.846. The molecule has 0 rings (SSSR count). The van der Waals surface area contributed by atoms with Gasteiger partial charge in [0, 0.05) is 25.4 Å². The summed E-state index contributed by atoms with van der Waals surface area (Å²) in [4.78, 5) is 24.2. The van der Waals surface area contributed by atoms with Crippen LogP contribution in [0, 0.1) is 5.92 Å². The standard InChI is InChI=1S/C13H25NO3/c1-10(2)9-14(11(3)4)12(15)7-5-6-8-13(16)17/h10-11H,5-9H2,1-4H3,(H,16,17). The van der Waals surface area contributed by atoms with E-state index in [0.29, 0.717) is 25.2 Å². The van der Waals surface area contributed by atoms with Crippen molar-refractivity contribution in [3.63, 3.8) is 0 Å². The molecule has 4 heteroatoms. The van der Waals surface area contributed by atoms with Crippen molar-refractivity contribution in [1.82, 2.24) is 4.90 Å². The summed E-state index contributed by atoms with van der Waals surface area (Å²) in [6.07, 6.45) is 1.85. The van der Waals surface area contributed by atoms with E-state index >= 15 is 0 Å². The predicted molar refractivity (Wildman–Crippen MR) is 67.8 cm³/mol. The number of carbonyl (C=O) groups is 2. The summed E-state index contributed by atoms with van der Waals surface area (Å²) in [6, 6.07) is 0.212. The van der Waals surface area contributed by atoms with Gasteiger partial charge in [-0.05, 0) is 32.6 Å². The Morgan fingerprint density at radius 2 is 1.59 bits per heavy atom. The van der Waals surface area contributed by atoms with Crippen molar-refractivity contribution in [2.45, 2.75) is 59.4 Å². The van der Waals surface area contributed by atoms with E-state index in [1.165, 1.54) is 0 Å². The van der Waals surface area contributed by atoms with Crippen molar-refractivity contribution in [2.75, 3.05) is 6.54 Å². The number of carboxylic acids is 1. The predicted octanol–water partition coefficient (Wildman–Crippen LogP) is 2.52. The van der Waals surface area contributed by atoms with E-state index in [2.05, 4.69) is 13.8 Å². The fourth-order valence-electron chi connectivity index (χ4n) is 1.69. The second-order valence-corrected chi connectivity index (χ2v) is 5.13. The lowest BCUT2D eigenvalue weighted by Crippen LogP contribution is -2.39. The van der Waals surface area contributed by atoms with Crippen molar-refractivity contribution in [2.24, 2.45) is 5.92 Å². The van der Waals surface area contributed by atoms with Crippen molar-refractivity contribution in [3.8, 4) is 0 Å². The molecule has 0 aliphatic rings. The summed E-state index contributed by atoms with van der Waals surface area (Å²) in [6.45, 7) is 8.98. The van der Waals surface area contributed by atoms with Gasteiger partial charge in [0.25, 0.3) is 0 Å². The van der Waals surface area contributed by atoms with Crippen LogP contribution in [0.2, 0.25) is 0 Å². The van der Waals surface area contributed by atoms with Gasteiger partial charge in [-0.3, -0.25) is 9.59 Å². The molecule has 4 nitrogen and oxygen atoms in total. The average molecular weight is 243 g/mol. The Balaban J connectivity index is 4.02. The molecule has 0 radical (unpaired) electrons. The highest BCUT2D eigenvalue weighted by atomic mass is 16.4. The first-order valence-electron chi connectivity index (χ1n) is 6.35. The molecule has 0 saturated carbocycles. The van der Waals surface area contributed by atoms with Gasteiger partial charge in [-0.15, -0.1) is 0 Å². The van der Waals surface area contributed by atoms with Crippen molar-refractivity contribution < 1.29 is 14.7 Å². The maximum Gasteiger partial charge on any atom is 0.303 e. The SMILES string of the molecule is CC(C)CN(C(=O)CCCCC(=O)O)C(C)C. The topological polar surface area (TPSA) is 57.6 Å². The normalized spacial score (nSPS) is 10.9. The molecule has 0 atom stereocenters. The Morgan fingerprint density at radius 3 is 2.00 bits per heavy atom. The lowest BCUT2D eigenvalue weighted by molar-refractivity contribution is -0.138. The molecule has 0 aliphatic heterocycles. The van der Waals surface area contributed by atoms with Crippen molar-refractivity contribution in [1.29, 1.82) is 0 Å². The monoisotopic (exact) mass is 243 g/mol. The van der Waals surface area contributed by atoms with Crippen LogP contribution in [0.15, 0.2) is 0 Å². The summed E-state index contributed by atoms with van der Waals surface area (Å²) in [5.74, 6) is -0.195. The summed E-state index contributed by atoms with van der Waals surface area (Å²) in [5.41, 5.74) is 0. The molecule has 0 fully saturated rings. The number of nitrogens with zero attached hydrogens (tertiary/aromatic N) is 1. The van der Waals surface area contributed by atoms with Crippen LogP contribution in [0.25, 0.3) is 0 Å². The van der Waals surface area contributed by atoms with Gasteiger partial charge in [0.2, 0.25) is 5.91 Å². The quantitative estimate of drug-likeness (QED) is 0.666. The molecule has 1 amide bonds. The minimum Gasteiger partial charge on any atom is -0.481 e. The van der Waals surface area contributed by atoms with Crippen LogP contribution in [0.5, 0.6) is 0 Å². The molecule has 0 bridgehead atoms. The zero-order valence-electron chi connectivity index (χ0n) is 11.4. The number of rotatable bonds is 8. The summed E-state index contributed by atoms with van der Waals surface area (Å²) < 4.78 is 0. The summed E-state index contributed by atoms with van der Waals surface area (Å²) in [7, 11) is 0. The summed E-state index contributed by atoms with van der Waals surface area (Å²) >= 11 is 0. The number of carbonyl (C=O) groups excluding carboxylic acids is 1. The largest absolute Gasteiger partial charge is 0.481 e. The van der Waals surface area contributed by atoms with E-state index in [1.54, 1.807) is 0 Å². The lowest BCUT2D eigenvalue weighted by atomic mass is 10.1. The minimum atomic E-state index is -0.791. The van der Waals surface area contributed by atoms with E-state index in [9.17, 15) is 9.59 Å². The fourth-order valence-corrected chi connectivity index (χ4v) is 1.69. The zero-order chi connectivity index (χ0) is 13.4. The first-order chi connectivity index (χ1) is 7.84. The molecule has 0 aromatic heterocycles. The van der Waals surface area contributed by atoms with Gasteiger partial charge in [0.15, 0.2) is 0 Å². The van der Waals surface area contributed by atoms with Gasteiger partial charge in [0.1, 0.15) is 0 Å². The van der Waals surface area contributed by atoms with Gasteiger partial charge in [-0.1, -0.05) is 13.8 Å². The molecule has 17 heavy (non-hydrogen) atoms. The Labute approximate surface area is 104 Å². The molecule has 0 unspecified atom stereocenters. The van der Waals surface area contributed by atoms with Gasteiger partial charge in [0.05, 0.1) is 0 Å². The molecule has 0 aromatic carbocycles. The van der Waals surface area contributed by atoms with Crippen LogP contribution in [0.4, 0.5) is 0 Å². The summed E-state index contributed by atoms with van der Waals surface area (Å²) in [5, 5.41) is 8.50. The van der Waals surface area contributed by atoms with Gasteiger partial charge < -0.3 is 10.0 Å². The number of carboxylic acid groups (broad SMARTS) is 1. The van der Waals surface area contributed by atoms with Crippen LogP contribution in [0.3, 0.4) is 0 Å². The van der Waals surface area contributed by atoms with Crippen LogP contribution >= 0.6 is 0 Å². The molecule has 0 aliphatic carbocycles. The average Bonchev–Trinajstić information content (AvgIpc) is 2.19. The van der Waals surface area contributed by atoms with Crippen molar-refractivity contribution >= 4 is 11.9 Å². The second-order valence-electron chi connectivity index (χ2n) is 5.13. The van der Waals surface area contributed by atoms with Crippen LogP contribution in [0.1, 0.15) is 53.4 Å². The Bertz CT molecular complexity index is 249. The number of hydrogen-bond acceptors (Lipinski definition) is 2. The minimum absolute atomic E-state index is 0.138. The lowest BCUT2D eigenvalue weighted by Gasteiger charge is -2.28. The Hall–Kier alpha value is -1.06. The maximum absolute atomic E-state index is 11.9. The number of amides is 1. The number of aliphatic carboxylic acids is 1. The molecule has 0 spiro atoms. The second kappa shape index (κ2) is 8.09. The van der Waals surface area contributed by atoms with Gasteiger partial charge >= 0.3 is 5.97 Å². The third-order valence-electron chi connectivity index (χ3n) is 2.54. The number of hydrogen-bond donors (Lipinski definition) is 1. The zero-order valence-corrected chi connectivity index (χ0v) is 11.4. The molecule has 0 aromatic rings. The Kier molecular flexibility index (Phi) is 7.59. The smallest absolute Gasteiger partial charge is 0.303 e. The highest BCUT2D eigenvalue weighted by Crippen LogP contribution is 2.09. The van der Waals surface area contributed by atoms with E-state index in [-0.39, 0.29) is 18.4 Å².